The highest BCUT2D eigenvalue weighted by Gasteiger charge is 2.10. The van der Waals surface area contributed by atoms with Gasteiger partial charge < -0.3 is 21.1 Å². The summed E-state index contributed by atoms with van der Waals surface area (Å²) in [6, 6.07) is 14.8. The van der Waals surface area contributed by atoms with Gasteiger partial charge in [0.1, 0.15) is 17.8 Å². The first-order valence-corrected chi connectivity index (χ1v) is 7.58. The van der Waals surface area contributed by atoms with Gasteiger partial charge in [0.25, 0.3) is 0 Å². The highest BCUT2D eigenvalue weighted by Crippen LogP contribution is 2.31. The Morgan fingerprint density at radius 2 is 1.75 bits per heavy atom. The van der Waals surface area contributed by atoms with E-state index in [-0.39, 0.29) is 0 Å². The van der Waals surface area contributed by atoms with E-state index < -0.39 is 0 Å². The van der Waals surface area contributed by atoms with Crippen LogP contribution in [0.2, 0.25) is 5.02 Å². The third-order valence-corrected chi connectivity index (χ3v) is 3.67. The molecular formula is C17H16ClN5O. The van der Waals surface area contributed by atoms with Crippen LogP contribution in [-0.4, -0.2) is 17.1 Å². The van der Waals surface area contributed by atoms with Gasteiger partial charge >= 0.3 is 0 Å². The number of nitrogen functional groups attached to an aromatic ring is 1. The molecule has 1 aromatic heterocycles. The summed E-state index contributed by atoms with van der Waals surface area (Å²) in [5.74, 6) is 1.71. The number of nitrogens with one attached hydrogen (secondary N) is 2. The molecule has 0 aliphatic rings. The van der Waals surface area contributed by atoms with E-state index in [1.54, 1.807) is 13.2 Å². The van der Waals surface area contributed by atoms with Crippen molar-refractivity contribution in [3.63, 3.8) is 0 Å². The number of hydrogen-bond acceptors (Lipinski definition) is 6. The number of rotatable bonds is 5. The van der Waals surface area contributed by atoms with E-state index in [4.69, 9.17) is 22.1 Å². The van der Waals surface area contributed by atoms with Crippen LogP contribution < -0.4 is 21.1 Å². The Morgan fingerprint density at radius 1 is 1.00 bits per heavy atom. The lowest BCUT2D eigenvalue weighted by molar-refractivity contribution is 0.415. The number of halogens is 1. The molecule has 24 heavy (non-hydrogen) atoms. The SMILES string of the molecule is COc1cccc(Nc2ncnc(Nc3ccccc3Cl)c2N)c1. The van der Waals surface area contributed by atoms with Crippen LogP contribution >= 0.6 is 11.6 Å². The predicted molar refractivity (Wildman–Crippen MR) is 97.5 cm³/mol. The van der Waals surface area contributed by atoms with Crippen molar-refractivity contribution in [1.82, 2.24) is 9.97 Å². The normalized spacial score (nSPS) is 10.2. The summed E-state index contributed by atoms with van der Waals surface area (Å²) in [5, 5.41) is 6.86. The van der Waals surface area contributed by atoms with Crippen LogP contribution in [0.15, 0.2) is 54.9 Å². The Bertz CT molecular complexity index is 856. The summed E-state index contributed by atoms with van der Waals surface area (Å²) >= 11 is 6.15. The van der Waals surface area contributed by atoms with Crippen molar-refractivity contribution in [3.05, 3.63) is 59.9 Å². The number of benzene rings is 2. The Kier molecular flexibility index (Phi) is 4.67. The maximum Gasteiger partial charge on any atom is 0.159 e. The van der Waals surface area contributed by atoms with Crippen molar-refractivity contribution in [1.29, 1.82) is 0 Å². The molecule has 6 nitrogen and oxygen atoms in total. The van der Waals surface area contributed by atoms with Crippen LogP contribution in [0.25, 0.3) is 0 Å². The van der Waals surface area contributed by atoms with Gasteiger partial charge in [0, 0.05) is 11.8 Å². The topological polar surface area (TPSA) is 85.1 Å². The minimum Gasteiger partial charge on any atom is -0.497 e. The Hall–Kier alpha value is -2.99. The summed E-state index contributed by atoms with van der Waals surface area (Å²) in [6.45, 7) is 0. The van der Waals surface area contributed by atoms with Gasteiger partial charge in [0.15, 0.2) is 11.6 Å². The van der Waals surface area contributed by atoms with Crippen molar-refractivity contribution in [2.45, 2.75) is 0 Å². The molecule has 0 unspecified atom stereocenters. The second kappa shape index (κ2) is 7.06. The number of nitrogens with two attached hydrogens (primary N) is 1. The molecule has 4 N–H and O–H groups in total. The average molecular weight is 342 g/mol. The number of anilines is 5. The van der Waals surface area contributed by atoms with Crippen LogP contribution in [0.1, 0.15) is 0 Å². The van der Waals surface area contributed by atoms with E-state index in [1.165, 1.54) is 6.33 Å². The summed E-state index contributed by atoms with van der Waals surface area (Å²) in [5.41, 5.74) is 8.09. The average Bonchev–Trinajstić information content (AvgIpc) is 2.60. The maximum absolute atomic E-state index is 6.18. The molecule has 0 amide bonds. The minimum atomic E-state index is 0.389. The van der Waals surface area contributed by atoms with E-state index in [2.05, 4.69) is 20.6 Å². The van der Waals surface area contributed by atoms with Crippen LogP contribution in [0, 0.1) is 0 Å². The fourth-order valence-corrected chi connectivity index (χ4v) is 2.31. The number of para-hydroxylation sites is 1. The lowest BCUT2D eigenvalue weighted by atomic mass is 10.3. The second-order valence-corrected chi connectivity index (χ2v) is 5.35. The van der Waals surface area contributed by atoms with Crippen molar-refractivity contribution in [2.75, 3.05) is 23.5 Å². The monoisotopic (exact) mass is 341 g/mol. The minimum absolute atomic E-state index is 0.389. The third-order valence-electron chi connectivity index (χ3n) is 3.34. The molecule has 122 valence electrons. The molecule has 0 saturated heterocycles. The smallest absolute Gasteiger partial charge is 0.159 e. The molecule has 0 aliphatic carbocycles. The number of aromatic nitrogens is 2. The van der Waals surface area contributed by atoms with Gasteiger partial charge in [-0.2, -0.15) is 0 Å². The number of hydrogen-bond donors (Lipinski definition) is 3. The molecule has 0 radical (unpaired) electrons. The van der Waals surface area contributed by atoms with Crippen molar-refractivity contribution in [2.24, 2.45) is 0 Å². The molecule has 1 heterocycles. The molecule has 2 aromatic carbocycles. The van der Waals surface area contributed by atoms with Gasteiger partial charge in [-0.15, -0.1) is 0 Å². The molecule has 0 spiro atoms. The first-order valence-electron chi connectivity index (χ1n) is 7.20. The highest BCUT2D eigenvalue weighted by molar-refractivity contribution is 6.33. The number of methoxy groups -OCH3 is 1. The van der Waals surface area contributed by atoms with Crippen molar-refractivity contribution < 1.29 is 4.74 Å². The van der Waals surface area contributed by atoms with Crippen molar-refractivity contribution in [3.8, 4) is 5.75 Å². The number of nitrogens with zero attached hydrogens (tertiary/aromatic N) is 2. The predicted octanol–water partition coefficient (Wildman–Crippen LogP) is 4.21. The van der Waals surface area contributed by atoms with E-state index >= 15 is 0 Å². The largest absolute Gasteiger partial charge is 0.497 e. The fraction of sp³-hybridized carbons (Fsp3) is 0.0588. The molecule has 7 heteroatoms. The zero-order chi connectivity index (χ0) is 16.9. The summed E-state index contributed by atoms with van der Waals surface area (Å²) < 4.78 is 5.21. The van der Waals surface area contributed by atoms with E-state index in [0.717, 1.165) is 17.1 Å². The van der Waals surface area contributed by atoms with Gasteiger partial charge in [0.05, 0.1) is 17.8 Å². The van der Waals surface area contributed by atoms with Crippen LogP contribution in [0.4, 0.5) is 28.7 Å². The lowest BCUT2D eigenvalue weighted by Crippen LogP contribution is -2.05. The summed E-state index contributed by atoms with van der Waals surface area (Å²) in [4.78, 5) is 8.37. The number of ether oxygens (including phenoxy) is 1. The highest BCUT2D eigenvalue weighted by atomic mass is 35.5. The molecule has 0 atom stereocenters. The zero-order valence-corrected chi connectivity index (χ0v) is 13.7. The molecule has 3 rings (SSSR count). The Balaban J connectivity index is 1.86. The van der Waals surface area contributed by atoms with Crippen LogP contribution in [0.5, 0.6) is 5.75 Å². The molecule has 0 saturated carbocycles. The van der Waals surface area contributed by atoms with Gasteiger partial charge in [-0.25, -0.2) is 9.97 Å². The lowest BCUT2D eigenvalue weighted by Gasteiger charge is -2.13. The van der Waals surface area contributed by atoms with Gasteiger partial charge in [-0.05, 0) is 24.3 Å². The van der Waals surface area contributed by atoms with E-state index in [0.29, 0.717) is 22.3 Å². The first-order chi connectivity index (χ1) is 11.7. The van der Waals surface area contributed by atoms with Crippen molar-refractivity contribution >= 4 is 40.3 Å². The molecular weight excluding hydrogens is 326 g/mol. The van der Waals surface area contributed by atoms with Gasteiger partial charge in [-0.3, -0.25) is 0 Å². The first kappa shape index (κ1) is 15.9. The third kappa shape index (κ3) is 3.49. The standard InChI is InChI=1S/C17H16ClN5O/c1-24-12-6-4-5-11(9-12)22-16-15(19)17(21-10-20-16)23-14-8-3-2-7-13(14)18/h2-10H,19H2,1H3,(H2,20,21,22,23). The molecule has 0 aliphatic heterocycles. The molecule has 3 aromatic rings. The quantitative estimate of drug-likeness (QED) is 0.644. The summed E-state index contributed by atoms with van der Waals surface area (Å²) in [7, 11) is 1.61. The molecule has 0 bridgehead atoms. The fourth-order valence-electron chi connectivity index (χ4n) is 2.12. The molecule has 0 fully saturated rings. The van der Waals surface area contributed by atoms with Crippen LogP contribution in [-0.2, 0) is 0 Å². The van der Waals surface area contributed by atoms with Crippen LogP contribution in [0.3, 0.4) is 0 Å². The zero-order valence-electron chi connectivity index (χ0n) is 13.0. The Morgan fingerprint density at radius 3 is 2.50 bits per heavy atom. The maximum atomic E-state index is 6.18. The second-order valence-electron chi connectivity index (χ2n) is 4.95. The Labute approximate surface area is 144 Å². The van der Waals surface area contributed by atoms with Gasteiger partial charge in [-0.1, -0.05) is 29.8 Å². The van der Waals surface area contributed by atoms with E-state index in [1.807, 2.05) is 42.5 Å². The van der Waals surface area contributed by atoms with Gasteiger partial charge in [0.2, 0.25) is 0 Å². The van der Waals surface area contributed by atoms with E-state index in [9.17, 15) is 0 Å². The summed E-state index contributed by atoms with van der Waals surface area (Å²) in [6.07, 6.45) is 1.43.